The molecule has 2 fully saturated rings. The van der Waals surface area contributed by atoms with Gasteiger partial charge in [-0.15, -0.1) is 0 Å². The first-order chi connectivity index (χ1) is 6.20. The zero-order chi connectivity index (χ0) is 9.16. The van der Waals surface area contributed by atoms with Gasteiger partial charge in [0.05, 0.1) is 23.7 Å². The van der Waals surface area contributed by atoms with Crippen LogP contribution >= 0.6 is 0 Å². The fourth-order valence-corrected chi connectivity index (χ4v) is 2.51. The number of hydrogen-bond donors (Lipinski definition) is 0. The van der Waals surface area contributed by atoms with Gasteiger partial charge >= 0.3 is 11.9 Å². The van der Waals surface area contributed by atoms with Crippen molar-refractivity contribution in [1.82, 2.24) is 0 Å². The summed E-state index contributed by atoms with van der Waals surface area (Å²) in [5, 5.41) is 0. The van der Waals surface area contributed by atoms with E-state index in [1.165, 1.54) is 0 Å². The van der Waals surface area contributed by atoms with Gasteiger partial charge in [-0.25, -0.2) is 0 Å². The molecule has 13 heavy (non-hydrogen) atoms. The van der Waals surface area contributed by atoms with Gasteiger partial charge in [0.15, 0.2) is 0 Å². The van der Waals surface area contributed by atoms with Crippen molar-refractivity contribution in [3.63, 3.8) is 0 Å². The van der Waals surface area contributed by atoms with Crippen molar-refractivity contribution >= 4 is 17.7 Å². The number of allylic oxidation sites excluding steroid dienone is 2. The van der Waals surface area contributed by atoms with Gasteiger partial charge in [-0.3, -0.25) is 14.4 Å². The summed E-state index contributed by atoms with van der Waals surface area (Å²) < 4.78 is 4.49. The number of fused-ring (bicyclic) bond motifs is 5. The lowest BCUT2D eigenvalue weighted by Crippen LogP contribution is -2.21. The molecule has 0 radical (unpaired) electrons. The van der Waals surface area contributed by atoms with Crippen molar-refractivity contribution in [1.29, 1.82) is 0 Å². The largest absolute Gasteiger partial charge is 0.393 e. The van der Waals surface area contributed by atoms with Gasteiger partial charge in [0, 0.05) is 0 Å². The van der Waals surface area contributed by atoms with E-state index >= 15 is 0 Å². The van der Waals surface area contributed by atoms with Crippen molar-refractivity contribution < 1.29 is 19.1 Å². The highest BCUT2D eigenvalue weighted by molar-refractivity contribution is 6.08. The molecule has 3 rings (SSSR count). The molecule has 1 heterocycles. The highest BCUT2D eigenvalue weighted by Crippen LogP contribution is 2.49. The number of rotatable bonds is 0. The van der Waals surface area contributed by atoms with Crippen LogP contribution in [0.1, 0.15) is 0 Å². The van der Waals surface area contributed by atoms with E-state index in [2.05, 4.69) is 4.74 Å². The molecule has 1 saturated carbocycles. The smallest absolute Gasteiger partial charge is 0.318 e. The molecule has 0 aromatic rings. The lowest BCUT2D eigenvalue weighted by Gasteiger charge is -2.10. The Morgan fingerprint density at radius 3 is 1.85 bits per heavy atom. The van der Waals surface area contributed by atoms with Crippen LogP contribution in [0.15, 0.2) is 12.2 Å². The standard InChI is InChI=1S/C9H6O4/c10-7-3-1-2-4(7)6-5(3)8(11)13-9(6)12/h1-6H. The minimum Gasteiger partial charge on any atom is -0.393 e. The molecule has 66 valence electrons. The Kier molecular flexibility index (Phi) is 1.02. The summed E-state index contributed by atoms with van der Waals surface area (Å²) in [4.78, 5) is 33.8. The van der Waals surface area contributed by atoms with Crippen LogP contribution in [-0.2, 0) is 19.1 Å². The fraction of sp³-hybridized carbons (Fsp3) is 0.444. The van der Waals surface area contributed by atoms with Crippen molar-refractivity contribution in [2.45, 2.75) is 0 Å². The van der Waals surface area contributed by atoms with Crippen LogP contribution in [-0.4, -0.2) is 17.7 Å². The van der Waals surface area contributed by atoms with E-state index in [-0.39, 0.29) is 5.78 Å². The van der Waals surface area contributed by atoms with Crippen molar-refractivity contribution in [3.05, 3.63) is 12.2 Å². The Bertz CT molecular complexity index is 336. The van der Waals surface area contributed by atoms with Crippen LogP contribution in [0, 0.1) is 23.7 Å². The highest BCUT2D eigenvalue weighted by Gasteiger charge is 2.62. The second kappa shape index (κ2) is 1.89. The minimum atomic E-state index is -0.528. The Morgan fingerprint density at radius 1 is 0.923 bits per heavy atom. The number of cyclic esters (lactones) is 2. The van der Waals surface area contributed by atoms with Gasteiger partial charge in [0.2, 0.25) is 0 Å². The number of ketones is 1. The summed E-state index contributed by atoms with van der Waals surface area (Å²) >= 11 is 0. The summed E-state index contributed by atoms with van der Waals surface area (Å²) in [6, 6.07) is 0. The third-order valence-electron chi connectivity index (χ3n) is 3.09. The van der Waals surface area contributed by atoms with Crippen LogP contribution < -0.4 is 0 Å². The summed E-state index contributed by atoms with van der Waals surface area (Å²) in [5.74, 6) is -2.88. The molecule has 0 amide bonds. The van der Waals surface area contributed by atoms with Crippen molar-refractivity contribution in [3.8, 4) is 0 Å². The molecule has 4 unspecified atom stereocenters. The second-order valence-electron chi connectivity index (χ2n) is 3.63. The van der Waals surface area contributed by atoms with E-state index in [9.17, 15) is 14.4 Å². The topological polar surface area (TPSA) is 60.4 Å². The van der Waals surface area contributed by atoms with E-state index in [0.717, 1.165) is 0 Å². The Morgan fingerprint density at radius 2 is 1.38 bits per heavy atom. The van der Waals surface area contributed by atoms with E-state index in [1.807, 2.05) is 0 Å². The summed E-state index contributed by atoms with van der Waals surface area (Å²) in [7, 11) is 0. The van der Waals surface area contributed by atoms with Crippen molar-refractivity contribution in [2.75, 3.05) is 0 Å². The van der Waals surface area contributed by atoms with E-state index in [4.69, 9.17) is 0 Å². The Labute approximate surface area is 73.5 Å². The lowest BCUT2D eigenvalue weighted by molar-refractivity contribution is -0.155. The number of carbonyl (C=O) groups is 3. The van der Waals surface area contributed by atoms with Gasteiger partial charge in [0.1, 0.15) is 5.78 Å². The molecular weight excluding hydrogens is 172 g/mol. The predicted molar refractivity (Wildman–Crippen MR) is 39.2 cm³/mol. The molecule has 0 aromatic carbocycles. The maximum atomic E-state index is 11.4. The third-order valence-corrected chi connectivity index (χ3v) is 3.09. The van der Waals surface area contributed by atoms with Gasteiger partial charge in [-0.05, 0) is 0 Å². The van der Waals surface area contributed by atoms with Crippen LogP contribution in [0.3, 0.4) is 0 Å². The number of esters is 2. The molecule has 4 atom stereocenters. The maximum Gasteiger partial charge on any atom is 0.318 e. The Balaban J connectivity index is 2.14. The first-order valence-corrected chi connectivity index (χ1v) is 4.18. The summed E-state index contributed by atoms with van der Waals surface area (Å²) in [5.41, 5.74) is 0. The van der Waals surface area contributed by atoms with Crippen LogP contribution in [0.25, 0.3) is 0 Å². The lowest BCUT2D eigenvalue weighted by atomic mass is 9.85. The molecule has 2 aliphatic carbocycles. The first kappa shape index (κ1) is 7.00. The summed E-state index contributed by atoms with van der Waals surface area (Å²) in [6.07, 6.45) is 3.43. The number of Topliss-reactive ketones (excluding diaryl/α,β-unsaturated/α-hetero) is 1. The highest BCUT2D eigenvalue weighted by atomic mass is 16.6. The maximum absolute atomic E-state index is 11.4. The SMILES string of the molecule is O=C1C2C=CC1C1C(=O)OC(=O)C21. The van der Waals surface area contributed by atoms with Gasteiger partial charge < -0.3 is 4.74 Å². The minimum absolute atomic E-state index is 0.000000000000000222. The zero-order valence-corrected chi connectivity index (χ0v) is 6.60. The summed E-state index contributed by atoms with van der Waals surface area (Å²) in [6.45, 7) is 0. The molecule has 4 nitrogen and oxygen atoms in total. The van der Waals surface area contributed by atoms with Gasteiger partial charge in [-0.2, -0.15) is 0 Å². The molecule has 0 aromatic heterocycles. The first-order valence-electron chi connectivity index (χ1n) is 4.18. The average Bonchev–Trinajstić information content (AvgIpc) is 2.67. The van der Waals surface area contributed by atoms with Gasteiger partial charge in [-0.1, -0.05) is 12.2 Å². The zero-order valence-electron chi connectivity index (χ0n) is 6.60. The molecule has 0 spiro atoms. The molecular formula is C9H6O4. The average molecular weight is 178 g/mol. The molecule has 3 aliphatic rings. The van der Waals surface area contributed by atoms with E-state index in [1.54, 1.807) is 12.2 Å². The normalized spacial score (nSPS) is 45.7. The number of ether oxygens (including phenoxy) is 1. The predicted octanol–water partition coefficient (Wildman–Crippen LogP) is -0.313. The molecule has 1 aliphatic heterocycles. The van der Waals surface area contributed by atoms with Crippen LogP contribution in [0.5, 0.6) is 0 Å². The quantitative estimate of drug-likeness (QED) is 0.290. The Hall–Kier alpha value is -1.45. The fourth-order valence-electron chi connectivity index (χ4n) is 2.51. The molecule has 2 bridgehead atoms. The second-order valence-corrected chi connectivity index (χ2v) is 3.63. The number of carbonyl (C=O) groups excluding carboxylic acids is 3. The van der Waals surface area contributed by atoms with Gasteiger partial charge in [0.25, 0.3) is 0 Å². The van der Waals surface area contributed by atoms with E-state index < -0.39 is 35.6 Å². The third kappa shape index (κ3) is 0.610. The van der Waals surface area contributed by atoms with Crippen LogP contribution in [0.4, 0.5) is 0 Å². The molecule has 0 N–H and O–H groups in total. The molecule has 4 heteroatoms. The van der Waals surface area contributed by atoms with Crippen LogP contribution in [0.2, 0.25) is 0 Å². The van der Waals surface area contributed by atoms with Crippen molar-refractivity contribution in [2.24, 2.45) is 23.7 Å². The monoisotopic (exact) mass is 178 g/mol. The number of hydrogen-bond acceptors (Lipinski definition) is 4. The molecule has 1 saturated heterocycles. The van der Waals surface area contributed by atoms with E-state index in [0.29, 0.717) is 0 Å².